The van der Waals surface area contributed by atoms with E-state index in [2.05, 4.69) is 30.9 Å². The molecule has 0 saturated carbocycles. The van der Waals surface area contributed by atoms with Crippen molar-refractivity contribution in [2.75, 3.05) is 36.2 Å². The lowest BCUT2D eigenvalue weighted by molar-refractivity contribution is 0.0633. The number of ketones is 1. The zero-order valence-corrected chi connectivity index (χ0v) is 20.7. The number of aryl methyl sites for hydroxylation is 1. The number of Topliss-reactive ketones (excluding diaryl/α,β-unsaturated/α-hetero) is 1. The molecule has 1 unspecified atom stereocenters. The van der Waals surface area contributed by atoms with Crippen molar-refractivity contribution in [1.82, 2.24) is 4.90 Å². The van der Waals surface area contributed by atoms with Gasteiger partial charge in [-0.25, -0.2) is 8.42 Å². The average molecular weight is 483 g/mol. The number of benzene rings is 2. The number of carbonyl (C=O) groups excluding carboxylic acids is 1. The van der Waals surface area contributed by atoms with Crippen molar-refractivity contribution in [2.24, 2.45) is 0 Å². The molecule has 0 N–H and O–H groups in total. The van der Waals surface area contributed by atoms with Gasteiger partial charge in [0, 0.05) is 31.4 Å². The molecule has 1 atom stereocenters. The van der Waals surface area contributed by atoms with Gasteiger partial charge in [-0.3, -0.25) is 9.69 Å². The third-order valence-corrected chi connectivity index (χ3v) is 8.75. The van der Waals surface area contributed by atoms with Crippen molar-refractivity contribution in [3.63, 3.8) is 0 Å². The molecule has 3 heterocycles. The molecule has 3 aliphatic heterocycles. The van der Waals surface area contributed by atoms with Gasteiger partial charge in [0.2, 0.25) is 5.78 Å². The SMILES string of the molecule is CCN(CC)c1ccc(/C=C2\Oc3c4c(cc(C)c3C2=O)OCN(C2CCS(=O)(=O)C2)C4)cc1. The van der Waals surface area contributed by atoms with Crippen LogP contribution < -0.4 is 14.4 Å². The number of nitrogens with zero attached hydrogens (tertiary/aromatic N) is 2. The van der Waals surface area contributed by atoms with Gasteiger partial charge in [-0.2, -0.15) is 0 Å². The van der Waals surface area contributed by atoms with E-state index in [9.17, 15) is 13.2 Å². The molecule has 7 nitrogen and oxygen atoms in total. The second-order valence-electron chi connectivity index (χ2n) is 9.16. The van der Waals surface area contributed by atoms with Crippen molar-refractivity contribution in [3.05, 3.63) is 58.3 Å². The Morgan fingerprint density at radius 3 is 2.56 bits per heavy atom. The summed E-state index contributed by atoms with van der Waals surface area (Å²) in [5.41, 5.74) is 4.23. The highest BCUT2D eigenvalue weighted by atomic mass is 32.2. The average Bonchev–Trinajstić information content (AvgIpc) is 3.35. The minimum atomic E-state index is -3.00. The molecule has 0 aromatic heterocycles. The van der Waals surface area contributed by atoms with E-state index in [4.69, 9.17) is 9.47 Å². The summed E-state index contributed by atoms with van der Waals surface area (Å²) in [4.78, 5) is 17.6. The van der Waals surface area contributed by atoms with E-state index in [-0.39, 0.29) is 23.3 Å². The van der Waals surface area contributed by atoms with Crippen LogP contribution in [0.5, 0.6) is 11.5 Å². The number of anilines is 1. The van der Waals surface area contributed by atoms with E-state index in [0.717, 1.165) is 35.5 Å². The van der Waals surface area contributed by atoms with Gasteiger partial charge in [0.25, 0.3) is 0 Å². The standard InChI is InChI=1S/C26H30N2O5S/c1-4-27(5-2)19-8-6-18(7-9-19)13-23-25(29)24-17(3)12-22-21(26(24)33-23)14-28(16-32-22)20-10-11-34(30,31)15-20/h6-9,12-13,20H,4-5,10-11,14-16H2,1-3H3/b23-13-. The van der Waals surface area contributed by atoms with E-state index in [1.807, 2.05) is 30.0 Å². The Balaban J connectivity index is 1.42. The van der Waals surface area contributed by atoms with Crippen molar-refractivity contribution < 1.29 is 22.7 Å². The van der Waals surface area contributed by atoms with Crippen LogP contribution in [0.3, 0.4) is 0 Å². The summed E-state index contributed by atoms with van der Waals surface area (Å²) in [7, 11) is -3.00. The Labute approximate surface area is 200 Å². The first-order valence-corrected chi connectivity index (χ1v) is 13.6. The zero-order valence-electron chi connectivity index (χ0n) is 19.8. The number of hydrogen-bond acceptors (Lipinski definition) is 7. The van der Waals surface area contributed by atoms with Crippen molar-refractivity contribution in [1.29, 1.82) is 0 Å². The highest BCUT2D eigenvalue weighted by Gasteiger charge is 2.39. The Bertz CT molecular complexity index is 1260. The fraction of sp³-hybridized carbons (Fsp3) is 0.423. The smallest absolute Gasteiger partial charge is 0.232 e. The lowest BCUT2D eigenvalue weighted by Crippen LogP contribution is -2.41. The zero-order chi connectivity index (χ0) is 24.0. The molecule has 1 saturated heterocycles. The Hall–Kier alpha value is -2.84. The number of allylic oxidation sites excluding steroid dienone is 1. The van der Waals surface area contributed by atoms with Gasteiger partial charge in [0.05, 0.1) is 22.6 Å². The molecule has 0 spiro atoms. The fourth-order valence-electron chi connectivity index (χ4n) is 5.07. The van der Waals surface area contributed by atoms with E-state index < -0.39 is 9.84 Å². The molecule has 0 radical (unpaired) electrons. The summed E-state index contributed by atoms with van der Waals surface area (Å²) in [5.74, 6) is 1.75. The second-order valence-corrected chi connectivity index (χ2v) is 11.4. The maximum absolute atomic E-state index is 13.3. The van der Waals surface area contributed by atoms with Crippen LogP contribution in [0.1, 0.15) is 47.3 Å². The highest BCUT2D eigenvalue weighted by Crippen LogP contribution is 2.44. The topological polar surface area (TPSA) is 76.2 Å². The summed E-state index contributed by atoms with van der Waals surface area (Å²) in [6, 6.07) is 9.91. The number of hydrogen-bond donors (Lipinski definition) is 0. The molecule has 2 aromatic carbocycles. The summed E-state index contributed by atoms with van der Waals surface area (Å²) in [5, 5.41) is 0. The Morgan fingerprint density at radius 1 is 1.18 bits per heavy atom. The molecule has 1 fully saturated rings. The fourth-order valence-corrected chi connectivity index (χ4v) is 6.83. The quantitative estimate of drug-likeness (QED) is 0.600. The molecule has 8 heteroatoms. The summed E-state index contributed by atoms with van der Waals surface area (Å²) in [6.45, 7) is 8.84. The van der Waals surface area contributed by atoms with Crippen molar-refractivity contribution in [3.8, 4) is 11.5 Å². The van der Waals surface area contributed by atoms with Crippen LogP contribution in [0, 0.1) is 6.92 Å². The van der Waals surface area contributed by atoms with Gasteiger partial charge < -0.3 is 14.4 Å². The number of rotatable bonds is 5. The molecule has 34 heavy (non-hydrogen) atoms. The van der Waals surface area contributed by atoms with Crippen LogP contribution >= 0.6 is 0 Å². The Morgan fingerprint density at radius 2 is 1.91 bits per heavy atom. The number of fused-ring (bicyclic) bond motifs is 3. The summed E-state index contributed by atoms with van der Waals surface area (Å²) in [6.07, 6.45) is 2.38. The monoisotopic (exact) mass is 482 g/mol. The van der Waals surface area contributed by atoms with Crippen LogP contribution in [0.25, 0.3) is 6.08 Å². The first kappa shape index (κ1) is 22.9. The van der Waals surface area contributed by atoms with Crippen molar-refractivity contribution in [2.45, 2.75) is 39.8 Å². The molecule has 0 aliphatic carbocycles. The maximum Gasteiger partial charge on any atom is 0.232 e. The third kappa shape index (κ3) is 4.09. The minimum absolute atomic E-state index is 0.0773. The van der Waals surface area contributed by atoms with E-state index in [0.29, 0.717) is 42.5 Å². The van der Waals surface area contributed by atoms with Gasteiger partial charge in [-0.15, -0.1) is 0 Å². The van der Waals surface area contributed by atoms with Crippen LogP contribution in [-0.2, 0) is 16.4 Å². The van der Waals surface area contributed by atoms with Crippen LogP contribution in [-0.4, -0.2) is 56.5 Å². The van der Waals surface area contributed by atoms with E-state index >= 15 is 0 Å². The number of carbonyl (C=O) groups is 1. The first-order valence-electron chi connectivity index (χ1n) is 11.8. The predicted octanol–water partition coefficient (Wildman–Crippen LogP) is 3.80. The molecular weight excluding hydrogens is 452 g/mol. The van der Waals surface area contributed by atoms with Crippen molar-refractivity contribution >= 4 is 27.4 Å². The van der Waals surface area contributed by atoms with Gasteiger partial charge in [-0.05, 0) is 62.6 Å². The van der Waals surface area contributed by atoms with Gasteiger partial charge >= 0.3 is 0 Å². The largest absolute Gasteiger partial charge is 0.478 e. The van der Waals surface area contributed by atoms with Gasteiger partial charge in [-0.1, -0.05) is 12.1 Å². The lowest BCUT2D eigenvalue weighted by Gasteiger charge is -2.33. The highest BCUT2D eigenvalue weighted by molar-refractivity contribution is 7.91. The summed E-state index contributed by atoms with van der Waals surface area (Å²) < 4.78 is 36.1. The maximum atomic E-state index is 13.3. The van der Waals surface area contributed by atoms with Crippen LogP contribution in [0.2, 0.25) is 0 Å². The lowest BCUT2D eigenvalue weighted by atomic mass is 9.98. The number of sulfone groups is 1. The minimum Gasteiger partial charge on any atom is -0.478 e. The second kappa shape index (κ2) is 8.74. The van der Waals surface area contributed by atoms with E-state index in [1.54, 1.807) is 6.08 Å². The Kier molecular flexibility index (Phi) is 5.90. The van der Waals surface area contributed by atoms with Gasteiger partial charge in [0.15, 0.2) is 15.6 Å². The molecule has 3 aliphatic rings. The summed E-state index contributed by atoms with van der Waals surface area (Å²) >= 11 is 0. The molecule has 2 aromatic rings. The molecular formula is C26H30N2O5S. The van der Waals surface area contributed by atoms with Gasteiger partial charge in [0.1, 0.15) is 18.2 Å². The number of ether oxygens (including phenoxy) is 2. The molecule has 180 valence electrons. The first-order chi connectivity index (χ1) is 16.3. The normalized spacial score (nSPS) is 22.3. The van der Waals surface area contributed by atoms with Crippen LogP contribution in [0.4, 0.5) is 5.69 Å². The third-order valence-electron chi connectivity index (χ3n) is 6.99. The van der Waals surface area contributed by atoms with E-state index in [1.165, 1.54) is 0 Å². The molecule has 0 amide bonds. The molecule has 5 rings (SSSR count). The predicted molar refractivity (Wildman–Crippen MR) is 132 cm³/mol. The molecule has 0 bridgehead atoms. The van der Waals surface area contributed by atoms with Crippen LogP contribution in [0.15, 0.2) is 36.1 Å².